The molecule has 1 unspecified atom stereocenters. The molecule has 2 heterocycles. The summed E-state index contributed by atoms with van der Waals surface area (Å²) in [5.41, 5.74) is 4.82. The minimum atomic E-state index is -0.915. The number of amides is 1. The molecule has 0 aromatic heterocycles. The maximum Gasteiger partial charge on any atom is 0.237 e. The number of nitrogens with zero attached hydrogens (tertiary/aromatic N) is 2. The lowest BCUT2D eigenvalue weighted by Gasteiger charge is -2.48. The van der Waals surface area contributed by atoms with Crippen molar-refractivity contribution in [1.29, 1.82) is 0 Å². The van der Waals surface area contributed by atoms with Gasteiger partial charge in [-0.3, -0.25) is 9.79 Å². The highest BCUT2D eigenvalue weighted by molar-refractivity contribution is 6.14. The third kappa shape index (κ3) is 5.52. The molecule has 178 valence electrons. The van der Waals surface area contributed by atoms with Crippen LogP contribution in [0.1, 0.15) is 37.8 Å². The number of ether oxygens (including phenoxy) is 1. The first-order valence-electron chi connectivity index (χ1n) is 11.7. The summed E-state index contributed by atoms with van der Waals surface area (Å²) >= 11 is 0. The van der Waals surface area contributed by atoms with Crippen LogP contribution in [0.25, 0.3) is 0 Å². The number of allylic oxidation sites excluding steroid dienone is 2. The van der Waals surface area contributed by atoms with Gasteiger partial charge < -0.3 is 9.64 Å². The molecule has 5 heteroatoms. The minimum absolute atomic E-state index is 0.0127. The molecule has 2 aliphatic rings. The largest absolute Gasteiger partial charge is 0.375 e. The highest BCUT2D eigenvalue weighted by atomic mass is 19.1. The van der Waals surface area contributed by atoms with Crippen molar-refractivity contribution in [1.82, 2.24) is 4.90 Å². The van der Waals surface area contributed by atoms with Crippen molar-refractivity contribution in [2.75, 3.05) is 13.7 Å². The number of rotatable bonds is 5. The third-order valence-electron chi connectivity index (χ3n) is 6.71. The van der Waals surface area contributed by atoms with Gasteiger partial charge in [0.2, 0.25) is 5.91 Å². The van der Waals surface area contributed by atoms with E-state index < -0.39 is 5.41 Å². The molecular weight excluding hydrogens is 439 g/mol. The lowest BCUT2D eigenvalue weighted by molar-refractivity contribution is -0.151. The lowest BCUT2D eigenvalue weighted by Crippen LogP contribution is -2.60. The summed E-state index contributed by atoms with van der Waals surface area (Å²) < 4.78 is 19.6. The van der Waals surface area contributed by atoms with Crippen LogP contribution in [-0.4, -0.2) is 35.7 Å². The zero-order valence-corrected chi connectivity index (χ0v) is 20.3. The van der Waals surface area contributed by atoms with Crippen LogP contribution in [-0.2, 0) is 16.1 Å². The molecule has 2 aromatic rings. The highest BCUT2D eigenvalue weighted by Gasteiger charge is 2.51. The number of carbonyl (C=O) groups is 1. The van der Waals surface area contributed by atoms with Gasteiger partial charge in [0.25, 0.3) is 0 Å². The quantitative estimate of drug-likeness (QED) is 0.432. The standard InChI is InChI=1S/C30H29FN2O2/c1-29(2)17-18-30(28(34)33(29)3,22-35-21-25-9-5-4-6-10-25)27-14-8-12-24(20-32-27)16-15-23-11-7-13-26(31)19-23/h4-7,9-14,19-20H,17-18,21-22H2,1-3H3. The van der Waals surface area contributed by atoms with Gasteiger partial charge in [0.1, 0.15) is 11.2 Å². The molecule has 0 N–H and O–H groups in total. The maximum atomic E-state index is 13.8. The minimum Gasteiger partial charge on any atom is -0.375 e. The Morgan fingerprint density at radius 3 is 2.66 bits per heavy atom. The third-order valence-corrected chi connectivity index (χ3v) is 6.71. The predicted octanol–water partition coefficient (Wildman–Crippen LogP) is 5.46. The second-order valence-corrected chi connectivity index (χ2v) is 9.55. The van der Waals surface area contributed by atoms with Gasteiger partial charge in [-0.2, -0.15) is 0 Å². The molecule has 1 atom stereocenters. The highest BCUT2D eigenvalue weighted by Crippen LogP contribution is 2.41. The first-order chi connectivity index (χ1) is 16.8. The van der Waals surface area contributed by atoms with Crippen LogP contribution >= 0.6 is 0 Å². The summed E-state index contributed by atoms with van der Waals surface area (Å²) in [6.07, 6.45) is 6.55. The number of likely N-dealkylation sites (tertiary alicyclic amines) is 1. The van der Waals surface area contributed by atoms with E-state index in [4.69, 9.17) is 4.74 Å². The van der Waals surface area contributed by atoms with Crippen LogP contribution in [0.3, 0.4) is 0 Å². The van der Waals surface area contributed by atoms with Crippen LogP contribution in [0.5, 0.6) is 0 Å². The average Bonchev–Trinajstić information content (AvgIpc) is 3.10. The molecule has 0 aliphatic carbocycles. The molecule has 35 heavy (non-hydrogen) atoms. The second-order valence-electron chi connectivity index (χ2n) is 9.55. The van der Waals surface area contributed by atoms with Gasteiger partial charge in [0.15, 0.2) is 0 Å². The van der Waals surface area contributed by atoms with Crippen molar-refractivity contribution >= 4 is 11.6 Å². The molecule has 4 nitrogen and oxygen atoms in total. The van der Waals surface area contributed by atoms with E-state index >= 15 is 0 Å². The van der Waals surface area contributed by atoms with Crippen molar-refractivity contribution in [3.8, 4) is 11.8 Å². The fraction of sp³-hybridized carbons (Fsp3) is 0.300. The zero-order chi connectivity index (χ0) is 24.9. The van der Waals surface area contributed by atoms with Crippen LogP contribution in [0, 0.1) is 23.1 Å². The van der Waals surface area contributed by atoms with Crippen LogP contribution in [0.15, 0.2) is 89.2 Å². The van der Waals surface area contributed by atoms with Crippen molar-refractivity contribution < 1.29 is 13.9 Å². The van der Waals surface area contributed by atoms with E-state index in [-0.39, 0.29) is 23.9 Å². The molecule has 1 amide bonds. The number of aliphatic imine (C=N–C) groups is 1. The molecule has 0 saturated carbocycles. The van der Waals surface area contributed by atoms with Gasteiger partial charge in [-0.25, -0.2) is 4.39 Å². The number of piperidine rings is 1. The zero-order valence-electron chi connectivity index (χ0n) is 20.3. The van der Waals surface area contributed by atoms with Crippen LogP contribution in [0.2, 0.25) is 0 Å². The predicted molar refractivity (Wildman–Crippen MR) is 136 cm³/mol. The van der Waals surface area contributed by atoms with Gasteiger partial charge in [-0.1, -0.05) is 48.2 Å². The number of hydrogen-bond acceptors (Lipinski definition) is 3. The second kappa shape index (κ2) is 10.3. The number of carbonyl (C=O) groups excluding carboxylic acids is 1. The Morgan fingerprint density at radius 1 is 1.09 bits per heavy atom. The SMILES string of the molecule is CN1C(=O)C(COCc2ccccc2)(C2=NC=C(C#Cc3cccc(F)c3)C=C=C2)CCC1(C)C. The first kappa shape index (κ1) is 24.4. The van der Waals surface area contributed by atoms with Gasteiger partial charge in [0, 0.05) is 30.4 Å². The number of benzene rings is 2. The summed E-state index contributed by atoms with van der Waals surface area (Å²) in [6, 6.07) is 16.0. The van der Waals surface area contributed by atoms with Crippen LogP contribution < -0.4 is 0 Å². The van der Waals surface area contributed by atoms with Gasteiger partial charge in [-0.15, -0.1) is 5.73 Å². The summed E-state index contributed by atoms with van der Waals surface area (Å²) in [6.45, 7) is 4.78. The van der Waals surface area contributed by atoms with E-state index in [0.29, 0.717) is 29.9 Å². The first-order valence-corrected chi connectivity index (χ1v) is 11.7. The van der Waals surface area contributed by atoms with E-state index in [9.17, 15) is 9.18 Å². The fourth-order valence-corrected chi connectivity index (χ4v) is 4.22. The summed E-state index contributed by atoms with van der Waals surface area (Å²) in [5, 5.41) is 0. The Kier molecular flexibility index (Phi) is 7.17. The number of halogens is 1. The van der Waals surface area contributed by atoms with Crippen molar-refractivity contribution in [3.05, 3.63) is 101 Å². The Labute approximate surface area is 206 Å². The molecule has 4 rings (SSSR count). The number of hydrogen-bond donors (Lipinski definition) is 0. The topological polar surface area (TPSA) is 41.9 Å². The molecule has 1 fully saturated rings. The van der Waals surface area contributed by atoms with E-state index in [1.165, 1.54) is 12.1 Å². The normalized spacial score (nSPS) is 21.0. The molecule has 1 saturated heterocycles. The Hall–Kier alpha value is -3.71. The van der Waals surface area contributed by atoms with Gasteiger partial charge >= 0.3 is 0 Å². The van der Waals surface area contributed by atoms with E-state index in [0.717, 1.165) is 12.0 Å². The molecule has 0 bridgehead atoms. The molecular formula is C30H29FN2O2. The summed E-state index contributed by atoms with van der Waals surface area (Å²) in [4.78, 5) is 20.3. The van der Waals surface area contributed by atoms with E-state index in [1.54, 1.807) is 30.5 Å². The molecule has 2 aliphatic heterocycles. The average molecular weight is 469 g/mol. The molecule has 2 aromatic carbocycles. The van der Waals surface area contributed by atoms with Crippen molar-refractivity contribution in [2.24, 2.45) is 10.4 Å². The Balaban J connectivity index is 1.63. The fourth-order valence-electron chi connectivity index (χ4n) is 4.22. The van der Waals surface area contributed by atoms with E-state index in [1.807, 2.05) is 42.3 Å². The van der Waals surface area contributed by atoms with Crippen LogP contribution in [0.4, 0.5) is 4.39 Å². The van der Waals surface area contributed by atoms with E-state index in [2.05, 4.69) is 36.4 Å². The smallest absolute Gasteiger partial charge is 0.237 e. The molecule has 0 radical (unpaired) electrons. The Morgan fingerprint density at radius 2 is 1.89 bits per heavy atom. The summed E-state index contributed by atoms with van der Waals surface area (Å²) in [5.74, 6) is 5.62. The van der Waals surface area contributed by atoms with Gasteiger partial charge in [0.05, 0.1) is 24.5 Å². The monoisotopic (exact) mass is 468 g/mol. The maximum absolute atomic E-state index is 13.8. The molecule has 0 spiro atoms. The van der Waals surface area contributed by atoms with Crippen molar-refractivity contribution in [2.45, 2.75) is 38.8 Å². The lowest BCUT2D eigenvalue weighted by atomic mass is 9.70. The summed E-state index contributed by atoms with van der Waals surface area (Å²) in [7, 11) is 1.84. The Bertz CT molecular complexity index is 1290. The van der Waals surface area contributed by atoms with Gasteiger partial charge in [-0.05, 0) is 56.5 Å². The van der Waals surface area contributed by atoms with Crippen molar-refractivity contribution in [3.63, 3.8) is 0 Å².